The van der Waals surface area contributed by atoms with Crippen molar-refractivity contribution in [2.24, 2.45) is 0 Å². The Hall–Kier alpha value is -3.68. The van der Waals surface area contributed by atoms with Crippen LogP contribution in [0.4, 0.5) is 10.1 Å². The van der Waals surface area contributed by atoms with Crippen molar-refractivity contribution in [1.82, 2.24) is 4.90 Å². The monoisotopic (exact) mass is 600 g/mol. The molecule has 7 heteroatoms. The molecule has 1 aliphatic rings. The Morgan fingerprint density at radius 2 is 1.67 bits per heavy atom. The lowest BCUT2D eigenvalue weighted by atomic mass is 9.86. The maximum atomic E-state index is 14.9. The van der Waals surface area contributed by atoms with E-state index in [1.165, 1.54) is 28.8 Å². The number of hydrogen-bond acceptors (Lipinski definition) is 4. The van der Waals surface area contributed by atoms with Crippen LogP contribution in [-0.2, 0) is 34.8 Å². The van der Waals surface area contributed by atoms with Gasteiger partial charge in [-0.2, -0.15) is 0 Å². The molecule has 0 amide bonds. The molecule has 226 valence electrons. The van der Waals surface area contributed by atoms with E-state index >= 15 is 0 Å². The first-order chi connectivity index (χ1) is 20.5. The first kappa shape index (κ1) is 30.8. The molecule has 43 heavy (non-hydrogen) atoms. The molecule has 0 saturated heterocycles. The lowest BCUT2D eigenvalue weighted by Crippen LogP contribution is -2.33. The lowest BCUT2D eigenvalue weighted by Gasteiger charge is -2.34. The summed E-state index contributed by atoms with van der Waals surface area (Å²) < 4.78 is 49.4. The van der Waals surface area contributed by atoms with Gasteiger partial charge in [0.15, 0.2) is 5.82 Å². The van der Waals surface area contributed by atoms with Crippen molar-refractivity contribution >= 4 is 15.7 Å². The topological polar surface area (TPSA) is 58.6 Å². The zero-order valence-electron chi connectivity index (χ0n) is 25.4. The molecule has 0 spiro atoms. The summed E-state index contributed by atoms with van der Waals surface area (Å²) in [7, 11) is -3.97. The normalized spacial score (nSPS) is 14.6. The van der Waals surface area contributed by atoms with Crippen LogP contribution in [0.3, 0.4) is 0 Å². The molecule has 0 radical (unpaired) electrons. The number of hydrogen-bond donors (Lipinski definition) is 1. The van der Waals surface area contributed by atoms with E-state index in [0.717, 1.165) is 43.5 Å². The molecule has 5 nitrogen and oxygen atoms in total. The van der Waals surface area contributed by atoms with E-state index in [9.17, 15) is 12.8 Å². The third kappa shape index (κ3) is 7.64. The second-order valence-corrected chi connectivity index (χ2v) is 14.1. The SMILES string of the molecule is CC(c1ccc(C(C)(C)C)cc1)N1CCc2cc(S(=O)(=O)Nc3ccc(OCCCc4ccccc4)cc3F)ccc2C1. The van der Waals surface area contributed by atoms with Gasteiger partial charge in [-0.3, -0.25) is 9.62 Å². The van der Waals surface area contributed by atoms with Crippen molar-refractivity contribution in [3.05, 3.63) is 125 Å². The fourth-order valence-electron chi connectivity index (χ4n) is 5.50. The Morgan fingerprint density at radius 1 is 0.930 bits per heavy atom. The van der Waals surface area contributed by atoms with Crippen molar-refractivity contribution in [2.75, 3.05) is 17.9 Å². The average molecular weight is 601 g/mol. The van der Waals surface area contributed by atoms with Crippen LogP contribution < -0.4 is 9.46 Å². The second-order valence-electron chi connectivity index (χ2n) is 12.4. The standard InChI is InChI=1S/C36H41FN2O3S/c1-26(28-12-15-31(16-13-28)36(2,3)4)39-21-20-29-23-33(18-14-30(29)25-39)43(40,41)38-35-19-17-32(24-34(35)37)42-22-8-11-27-9-6-5-7-10-27/h5-7,9-10,12-19,23-24,26,38H,8,11,20-22,25H2,1-4H3. The Balaban J connectivity index is 1.19. The number of sulfonamides is 1. The maximum Gasteiger partial charge on any atom is 0.261 e. The van der Waals surface area contributed by atoms with Gasteiger partial charge in [-0.05, 0) is 83.7 Å². The highest BCUT2D eigenvalue weighted by Gasteiger charge is 2.25. The molecule has 1 unspecified atom stereocenters. The summed E-state index contributed by atoms with van der Waals surface area (Å²) in [5.41, 5.74) is 5.94. The van der Waals surface area contributed by atoms with Gasteiger partial charge in [-0.1, -0.05) is 81.4 Å². The third-order valence-corrected chi connectivity index (χ3v) is 9.61. The molecule has 1 atom stereocenters. The number of nitrogens with zero attached hydrogens (tertiary/aromatic N) is 1. The number of halogens is 1. The summed E-state index contributed by atoms with van der Waals surface area (Å²) in [4.78, 5) is 2.55. The molecule has 5 rings (SSSR count). The summed E-state index contributed by atoms with van der Waals surface area (Å²) in [5, 5.41) is 0. The van der Waals surface area contributed by atoms with E-state index in [1.807, 2.05) is 24.3 Å². The fraction of sp³-hybridized carbons (Fsp3) is 0.333. The van der Waals surface area contributed by atoms with Gasteiger partial charge in [0.25, 0.3) is 10.0 Å². The second kappa shape index (κ2) is 12.9. The minimum atomic E-state index is -3.97. The smallest absolute Gasteiger partial charge is 0.261 e. The highest BCUT2D eigenvalue weighted by atomic mass is 32.2. The van der Waals surface area contributed by atoms with Crippen LogP contribution in [0.15, 0.2) is 95.9 Å². The first-order valence-electron chi connectivity index (χ1n) is 14.9. The number of anilines is 1. The van der Waals surface area contributed by atoms with Gasteiger partial charge < -0.3 is 4.74 Å². The number of benzene rings is 4. The van der Waals surface area contributed by atoms with Gasteiger partial charge in [0.2, 0.25) is 0 Å². The van der Waals surface area contributed by atoms with E-state index in [2.05, 4.69) is 73.7 Å². The predicted molar refractivity (Wildman–Crippen MR) is 172 cm³/mol. The molecule has 0 bridgehead atoms. The summed E-state index contributed by atoms with van der Waals surface area (Å²) >= 11 is 0. The van der Waals surface area contributed by atoms with Crippen molar-refractivity contribution in [1.29, 1.82) is 0 Å². The van der Waals surface area contributed by atoms with Crippen LogP contribution in [-0.4, -0.2) is 26.5 Å². The van der Waals surface area contributed by atoms with Crippen LogP contribution in [0.1, 0.15) is 68.0 Å². The highest BCUT2D eigenvalue weighted by Crippen LogP contribution is 2.31. The molecule has 1 heterocycles. The first-order valence-corrected chi connectivity index (χ1v) is 16.4. The zero-order valence-corrected chi connectivity index (χ0v) is 26.3. The van der Waals surface area contributed by atoms with Gasteiger partial charge in [-0.25, -0.2) is 12.8 Å². The van der Waals surface area contributed by atoms with Crippen LogP contribution in [0, 0.1) is 5.82 Å². The number of fused-ring (bicyclic) bond motifs is 1. The summed E-state index contributed by atoms with van der Waals surface area (Å²) in [6.45, 7) is 10.9. The van der Waals surface area contributed by atoms with Gasteiger partial charge in [0.05, 0.1) is 17.2 Å². The van der Waals surface area contributed by atoms with Gasteiger partial charge in [0.1, 0.15) is 5.75 Å². The van der Waals surface area contributed by atoms with E-state index in [-0.39, 0.29) is 22.0 Å². The molecule has 4 aromatic carbocycles. The minimum absolute atomic E-state index is 0.105. The van der Waals surface area contributed by atoms with Crippen molar-refractivity contribution in [2.45, 2.75) is 69.9 Å². The maximum absolute atomic E-state index is 14.9. The highest BCUT2D eigenvalue weighted by molar-refractivity contribution is 7.92. The molecule has 1 N–H and O–H groups in total. The van der Waals surface area contributed by atoms with Gasteiger partial charge in [-0.15, -0.1) is 0 Å². The van der Waals surface area contributed by atoms with E-state index in [0.29, 0.717) is 12.4 Å². The number of rotatable bonds is 10. The summed E-state index contributed by atoms with van der Waals surface area (Å²) in [6, 6.07) is 28.6. The van der Waals surface area contributed by atoms with E-state index in [4.69, 9.17) is 4.74 Å². The summed E-state index contributed by atoms with van der Waals surface area (Å²) in [6.07, 6.45) is 2.40. The van der Waals surface area contributed by atoms with E-state index in [1.54, 1.807) is 18.2 Å². The number of aryl methyl sites for hydroxylation is 1. The van der Waals surface area contributed by atoms with Gasteiger partial charge in [0, 0.05) is 25.2 Å². The molecular weight excluding hydrogens is 559 g/mol. The number of nitrogens with one attached hydrogen (secondary N) is 1. The van der Waals surface area contributed by atoms with Crippen molar-refractivity contribution < 1.29 is 17.5 Å². The van der Waals surface area contributed by atoms with Crippen LogP contribution >= 0.6 is 0 Å². The fourth-order valence-corrected chi connectivity index (χ4v) is 6.62. The molecule has 4 aromatic rings. The van der Waals surface area contributed by atoms with Crippen LogP contribution in [0.2, 0.25) is 0 Å². The average Bonchev–Trinajstić information content (AvgIpc) is 3.00. The van der Waals surface area contributed by atoms with Crippen LogP contribution in [0.25, 0.3) is 0 Å². The largest absolute Gasteiger partial charge is 0.493 e. The quantitative estimate of drug-likeness (QED) is 0.187. The van der Waals surface area contributed by atoms with Crippen molar-refractivity contribution in [3.8, 4) is 5.75 Å². The molecule has 1 aliphatic heterocycles. The minimum Gasteiger partial charge on any atom is -0.493 e. The van der Waals surface area contributed by atoms with Crippen LogP contribution in [0.5, 0.6) is 5.75 Å². The molecule has 0 aliphatic carbocycles. The summed E-state index contributed by atoms with van der Waals surface area (Å²) in [5.74, 6) is -0.312. The molecular formula is C36H41FN2O3S. The van der Waals surface area contributed by atoms with Crippen molar-refractivity contribution in [3.63, 3.8) is 0 Å². The Labute approximate surface area is 255 Å². The Kier molecular flexibility index (Phi) is 9.23. The lowest BCUT2D eigenvalue weighted by molar-refractivity contribution is 0.192. The molecule has 0 aromatic heterocycles. The Morgan fingerprint density at radius 3 is 2.37 bits per heavy atom. The van der Waals surface area contributed by atoms with Gasteiger partial charge >= 0.3 is 0 Å². The predicted octanol–water partition coefficient (Wildman–Crippen LogP) is 8.05. The Bertz CT molecular complexity index is 1650. The third-order valence-electron chi connectivity index (χ3n) is 8.24. The molecule has 0 saturated carbocycles. The number of ether oxygens (including phenoxy) is 1. The zero-order chi connectivity index (χ0) is 30.6. The van der Waals surface area contributed by atoms with E-state index < -0.39 is 15.8 Å². The molecule has 0 fully saturated rings.